The van der Waals surface area contributed by atoms with E-state index in [0.717, 1.165) is 18.1 Å². The number of ether oxygens (including phenoxy) is 1. The van der Waals surface area contributed by atoms with Gasteiger partial charge in [-0.05, 0) is 48.3 Å². The first-order valence-electron chi connectivity index (χ1n) is 6.57. The second-order valence-electron chi connectivity index (χ2n) is 4.38. The highest BCUT2D eigenvalue weighted by Gasteiger charge is 2.11. The van der Waals surface area contributed by atoms with Crippen LogP contribution >= 0.6 is 23.4 Å². The molecule has 0 fully saturated rings. The van der Waals surface area contributed by atoms with Gasteiger partial charge in [0.15, 0.2) is 0 Å². The molecule has 1 aromatic carbocycles. The highest BCUT2D eigenvalue weighted by molar-refractivity contribution is 7.99. The molecule has 0 radical (unpaired) electrons. The monoisotopic (exact) mass is 286 g/mol. The van der Waals surface area contributed by atoms with Crippen LogP contribution in [-0.2, 0) is 6.42 Å². The maximum atomic E-state index is 6.08. The number of halogens is 1. The van der Waals surface area contributed by atoms with Crippen LogP contribution in [-0.4, -0.2) is 24.5 Å². The Kier molecular flexibility index (Phi) is 8.36. The van der Waals surface area contributed by atoms with E-state index < -0.39 is 0 Å². The van der Waals surface area contributed by atoms with Crippen LogP contribution in [0.2, 0.25) is 0 Å². The first-order chi connectivity index (χ1) is 8.81. The van der Waals surface area contributed by atoms with Gasteiger partial charge in [0, 0.05) is 5.88 Å². The van der Waals surface area contributed by atoms with Crippen LogP contribution in [0.5, 0.6) is 5.75 Å². The summed E-state index contributed by atoms with van der Waals surface area (Å²) in [7, 11) is 1.73. The number of methoxy groups -OCH3 is 1. The van der Waals surface area contributed by atoms with Crippen LogP contribution in [0.4, 0.5) is 0 Å². The van der Waals surface area contributed by atoms with Crippen molar-refractivity contribution in [3.63, 3.8) is 0 Å². The summed E-state index contributed by atoms with van der Waals surface area (Å²) in [5.41, 5.74) is 1.27. The van der Waals surface area contributed by atoms with Gasteiger partial charge in [-0.15, -0.1) is 11.6 Å². The van der Waals surface area contributed by atoms with Crippen molar-refractivity contribution in [1.82, 2.24) is 0 Å². The van der Waals surface area contributed by atoms with Gasteiger partial charge in [-0.3, -0.25) is 0 Å². The van der Waals surface area contributed by atoms with E-state index in [2.05, 4.69) is 19.1 Å². The summed E-state index contributed by atoms with van der Waals surface area (Å²) < 4.78 is 5.39. The molecule has 0 heterocycles. The van der Waals surface area contributed by atoms with Crippen LogP contribution in [0.25, 0.3) is 0 Å². The minimum Gasteiger partial charge on any atom is -0.496 e. The van der Waals surface area contributed by atoms with Crippen molar-refractivity contribution in [1.29, 1.82) is 0 Å². The third-order valence-electron chi connectivity index (χ3n) is 3.02. The molecule has 0 spiro atoms. The molecule has 0 aliphatic heterocycles. The SMILES string of the molecule is CCSCCCC(CCl)Cc1ccccc1OC. The average molecular weight is 287 g/mol. The van der Waals surface area contributed by atoms with Gasteiger partial charge >= 0.3 is 0 Å². The van der Waals surface area contributed by atoms with Crippen molar-refractivity contribution in [2.45, 2.75) is 26.2 Å². The Bertz CT molecular complexity index is 330. The van der Waals surface area contributed by atoms with Gasteiger partial charge in [-0.2, -0.15) is 11.8 Å². The number of thioether (sulfide) groups is 1. The zero-order valence-electron chi connectivity index (χ0n) is 11.3. The molecule has 0 aliphatic rings. The highest BCUT2D eigenvalue weighted by Crippen LogP contribution is 2.24. The van der Waals surface area contributed by atoms with Crippen LogP contribution in [0.15, 0.2) is 24.3 Å². The molecule has 0 saturated carbocycles. The van der Waals surface area contributed by atoms with Crippen molar-refractivity contribution in [2.75, 3.05) is 24.5 Å². The molecule has 18 heavy (non-hydrogen) atoms. The van der Waals surface area contributed by atoms with Gasteiger partial charge in [0.1, 0.15) is 5.75 Å². The van der Waals surface area contributed by atoms with E-state index in [1.807, 2.05) is 23.9 Å². The predicted octanol–water partition coefficient (Wildman–Crippen LogP) is 4.63. The van der Waals surface area contributed by atoms with E-state index in [9.17, 15) is 0 Å². The van der Waals surface area contributed by atoms with Gasteiger partial charge in [0.05, 0.1) is 7.11 Å². The molecule has 3 heteroatoms. The fourth-order valence-corrected chi connectivity index (χ4v) is 2.96. The van der Waals surface area contributed by atoms with E-state index in [0.29, 0.717) is 5.92 Å². The van der Waals surface area contributed by atoms with E-state index in [4.69, 9.17) is 16.3 Å². The Morgan fingerprint density at radius 2 is 2.11 bits per heavy atom. The Morgan fingerprint density at radius 1 is 1.33 bits per heavy atom. The minimum absolute atomic E-state index is 0.556. The third kappa shape index (κ3) is 5.53. The van der Waals surface area contributed by atoms with Gasteiger partial charge in [-0.25, -0.2) is 0 Å². The zero-order chi connectivity index (χ0) is 13.2. The molecular formula is C15H23ClOS. The summed E-state index contributed by atoms with van der Waals surface area (Å²) in [4.78, 5) is 0. The highest BCUT2D eigenvalue weighted by atomic mass is 35.5. The largest absolute Gasteiger partial charge is 0.496 e. The van der Waals surface area contributed by atoms with E-state index in [-0.39, 0.29) is 0 Å². The average Bonchev–Trinajstić information content (AvgIpc) is 2.42. The van der Waals surface area contributed by atoms with Crippen molar-refractivity contribution < 1.29 is 4.74 Å². The lowest BCUT2D eigenvalue weighted by Crippen LogP contribution is -2.08. The maximum Gasteiger partial charge on any atom is 0.122 e. The number of hydrogen-bond acceptors (Lipinski definition) is 2. The number of para-hydroxylation sites is 1. The summed E-state index contributed by atoms with van der Waals surface area (Å²) in [6.07, 6.45) is 3.48. The van der Waals surface area contributed by atoms with Crippen LogP contribution in [0.3, 0.4) is 0 Å². The summed E-state index contributed by atoms with van der Waals surface area (Å²) in [6, 6.07) is 8.23. The smallest absolute Gasteiger partial charge is 0.122 e. The summed E-state index contributed by atoms with van der Waals surface area (Å²) in [6.45, 7) is 2.21. The molecule has 0 aliphatic carbocycles. The standard InChI is InChI=1S/C15H23ClOS/c1-3-18-10-6-7-13(12-16)11-14-8-4-5-9-15(14)17-2/h4-5,8-9,13H,3,6-7,10-12H2,1-2H3. The van der Waals surface area contributed by atoms with E-state index >= 15 is 0 Å². The van der Waals surface area contributed by atoms with Gasteiger partial charge < -0.3 is 4.74 Å². The van der Waals surface area contributed by atoms with E-state index in [1.165, 1.54) is 29.9 Å². The first kappa shape index (κ1) is 15.7. The number of hydrogen-bond donors (Lipinski definition) is 0. The van der Waals surface area contributed by atoms with Crippen LogP contribution in [0.1, 0.15) is 25.3 Å². The normalized spacial score (nSPS) is 12.4. The van der Waals surface area contributed by atoms with Gasteiger partial charge in [0.2, 0.25) is 0 Å². The Morgan fingerprint density at radius 3 is 2.78 bits per heavy atom. The molecular weight excluding hydrogens is 264 g/mol. The van der Waals surface area contributed by atoms with Crippen LogP contribution < -0.4 is 4.74 Å². The number of rotatable bonds is 9. The summed E-state index contributed by atoms with van der Waals surface area (Å²) in [5, 5.41) is 0. The molecule has 0 saturated heterocycles. The molecule has 1 atom stereocenters. The molecule has 102 valence electrons. The van der Waals surface area contributed by atoms with Gasteiger partial charge in [-0.1, -0.05) is 25.1 Å². The topological polar surface area (TPSA) is 9.23 Å². The predicted molar refractivity (Wildman–Crippen MR) is 83.1 cm³/mol. The lowest BCUT2D eigenvalue weighted by molar-refractivity contribution is 0.404. The van der Waals surface area contributed by atoms with Crippen molar-refractivity contribution in [3.8, 4) is 5.75 Å². The molecule has 0 amide bonds. The molecule has 0 aromatic heterocycles. The molecule has 1 nitrogen and oxygen atoms in total. The van der Waals surface area contributed by atoms with Gasteiger partial charge in [0.25, 0.3) is 0 Å². The quantitative estimate of drug-likeness (QED) is 0.484. The third-order valence-corrected chi connectivity index (χ3v) is 4.45. The Hall–Kier alpha value is -0.340. The number of benzene rings is 1. The fraction of sp³-hybridized carbons (Fsp3) is 0.600. The van der Waals surface area contributed by atoms with E-state index in [1.54, 1.807) is 7.11 Å². The number of alkyl halides is 1. The second-order valence-corrected chi connectivity index (χ2v) is 6.08. The molecule has 1 aromatic rings. The minimum atomic E-state index is 0.556. The molecule has 1 rings (SSSR count). The fourth-order valence-electron chi connectivity index (χ4n) is 2.03. The van der Waals surface area contributed by atoms with Crippen molar-refractivity contribution in [2.24, 2.45) is 5.92 Å². The summed E-state index contributed by atoms with van der Waals surface area (Å²) in [5.74, 6) is 4.72. The lowest BCUT2D eigenvalue weighted by atomic mass is 9.96. The zero-order valence-corrected chi connectivity index (χ0v) is 12.9. The van der Waals surface area contributed by atoms with Crippen molar-refractivity contribution >= 4 is 23.4 Å². The molecule has 0 N–H and O–H groups in total. The Balaban J connectivity index is 2.46. The molecule has 1 unspecified atom stereocenters. The molecule has 0 bridgehead atoms. The summed E-state index contributed by atoms with van der Waals surface area (Å²) >= 11 is 8.08. The second kappa shape index (κ2) is 9.57. The Labute approximate surface area is 120 Å². The maximum absolute atomic E-state index is 6.08. The first-order valence-corrected chi connectivity index (χ1v) is 8.26. The van der Waals surface area contributed by atoms with Crippen LogP contribution in [0, 0.1) is 5.92 Å². The lowest BCUT2D eigenvalue weighted by Gasteiger charge is -2.15. The van der Waals surface area contributed by atoms with Crippen molar-refractivity contribution in [3.05, 3.63) is 29.8 Å².